The monoisotopic (exact) mass is 408 g/mol. The molecule has 0 aromatic heterocycles. The lowest BCUT2D eigenvalue weighted by molar-refractivity contribution is 0.502. The number of benzene rings is 1. The summed E-state index contributed by atoms with van der Waals surface area (Å²) in [4.78, 5) is 0.450. The third kappa shape index (κ3) is 2.73. The fraction of sp³-hybridized carbons (Fsp3) is 0.538. The molecule has 0 N–H and O–H groups in total. The van der Waals surface area contributed by atoms with Crippen molar-refractivity contribution in [3.63, 3.8) is 0 Å². The Hall–Kier alpha value is 0.660. The second-order valence-electron chi connectivity index (χ2n) is 4.72. The Morgan fingerprint density at radius 1 is 1.19 bits per heavy atom. The molecule has 0 bridgehead atoms. The molecule has 88 valence electrons. The van der Waals surface area contributed by atoms with Crippen molar-refractivity contribution < 1.29 is 0 Å². The molecule has 0 spiro atoms. The van der Waals surface area contributed by atoms with Crippen LogP contribution in [-0.2, 0) is 0 Å². The standard InChI is InChI=1S/C13H15Br3/c1-7-5-12(15)10(6-11(7)14)13(16)8(2)9-3-4-9/h5-6,8-9,13H,3-4H2,1-2H3. The van der Waals surface area contributed by atoms with Gasteiger partial charge in [-0.2, -0.15) is 0 Å². The van der Waals surface area contributed by atoms with Crippen LogP contribution in [0, 0.1) is 18.8 Å². The molecule has 0 nitrogen and oxygen atoms in total. The molecular weight excluding hydrogens is 396 g/mol. The van der Waals surface area contributed by atoms with Crippen molar-refractivity contribution in [2.45, 2.75) is 31.5 Å². The molecule has 0 radical (unpaired) electrons. The van der Waals surface area contributed by atoms with Crippen LogP contribution < -0.4 is 0 Å². The van der Waals surface area contributed by atoms with Crippen molar-refractivity contribution in [1.82, 2.24) is 0 Å². The van der Waals surface area contributed by atoms with E-state index in [1.807, 2.05) is 0 Å². The van der Waals surface area contributed by atoms with E-state index in [0.717, 1.165) is 5.92 Å². The highest BCUT2D eigenvalue weighted by Gasteiger charge is 2.33. The maximum atomic E-state index is 3.85. The Kier molecular flexibility index (Phi) is 4.19. The summed E-state index contributed by atoms with van der Waals surface area (Å²) in [6.45, 7) is 4.46. The fourth-order valence-electron chi connectivity index (χ4n) is 2.02. The van der Waals surface area contributed by atoms with Gasteiger partial charge in [-0.15, -0.1) is 0 Å². The highest BCUT2D eigenvalue weighted by molar-refractivity contribution is 9.11. The maximum absolute atomic E-state index is 3.85. The molecular formula is C13H15Br3. The number of aryl methyl sites for hydroxylation is 1. The molecule has 0 amide bonds. The minimum atomic E-state index is 0.450. The Balaban J connectivity index is 2.28. The van der Waals surface area contributed by atoms with Crippen LogP contribution in [0.2, 0.25) is 0 Å². The zero-order valence-electron chi connectivity index (χ0n) is 9.43. The SMILES string of the molecule is Cc1cc(Br)c(C(Br)C(C)C2CC2)cc1Br. The number of hydrogen-bond acceptors (Lipinski definition) is 0. The van der Waals surface area contributed by atoms with E-state index < -0.39 is 0 Å². The van der Waals surface area contributed by atoms with Gasteiger partial charge >= 0.3 is 0 Å². The highest BCUT2D eigenvalue weighted by atomic mass is 79.9. The summed E-state index contributed by atoms with van der Waals surface area (Å²) in [6.07, 6.45) is 2.79. The van der Waals surface area contributed by atoms with Gasteiger partial charge in [-0.05, 0) is 54.9 Å². The van der Waals surface area contributed by atoms with E-state index in [2.05, 4.69) is 73.8 Å². The maximum Gasteiger partial charge on any atom is 0.0435 e. The number of halogens is 3. The number of rotatable bonds is 3. The molecule has 2 rings (SSSR count). The Morgan fingerprint density at radius 2 is 1.81 bits per heavy atom. The number of hydrogen-bond donors (Lipinski definition) is 0. The first-order chi connectivity index (χ1) is 7.50. The van der Waals surface area contributed by atoms with Crippen molar-refractivity contribution in [3.8, 4) is 0 Å². The van der Waals surface area contributed by atoms with E-state index in [9.17, 15) is 0 Å². The first-order valence-corrected chi connectivity index (χ1v) is 8.10. The van der Waals surface area contributed by atoms with Crippen molar-refractivity contribution in [2.75, 3.05) is 0 Å². The summed E-state index contributed by atoms with van der Waals surface area (Å²) in [6, 6.07) is 4.42. The quantitative estimate of drug-likeness (QED) is 0.536. The van der Waals surface area contributed by atoms with Gasteiger partial charge in [-0.25, -0.2) is 0 Å². The van der Waals surface area contributed by atoms with E-state index in [4.69, 9.17) is 0 Å². The molecule has 0 heterocycles. The minimum Gasteiger partial charge on any atom is -0.0835 e. The summed E-state index contributed by atoms with van der Waals surface area (Å²) in [5, 5.41) is 0. The molecule has 2 unspecified atom stereocenters. The Bertz CT molecular complexity index is 396. The summed E-state index contributed by atoms with van der Waals surface area (Å²) in [5.41, 5.74) is 2.63. The van der Waals surface area contributed by atoms with E-state index in [1.54, 1.807) is 0 Å². The minimum absolute atomic E-state index is 0.450. The molecule has 1 aromatic carbocycles. The van der Waals surface area contributed by atoms with Crippen LogP contribution in [0.25, 0.3) is 0 Å². The molecule has 0 aliphatic heterocycles. The van der Waals surface area contributed by atoms with Crippen LogP contribution in [-0.4, -0.2) is 0 Å². The first-order valence-electron chi connectivity index (χ1n) is 5.60. The molecule has 16 heavy (non-hydrogen) atoms. The van der Waals surface area contributed by atoms with Crippen LogP contribution in [0.4, 0.5) is 0 Å². The van der Waals surface area contributed by atoms with Gasteiger partial charge in [0, 0.05) is 13.8 Å². The molecule has 1 saturated carbocycles. The van der Waals surface area contributed by atoms with Crippen molar-refractivity contribution >= 4 is 47.8 Å². The van der Waals surface area contributed by atoms with Crippen LogP contribution in [0.3, 0.4) is 0 Å². The van der Waals surface area contributed by atoms with E-state index >= 15 is 0 Å². The Labute approximate surface area is 123 Å². The third-order valence-corrected chi connectivity index (χ3v) is 6.27. The zero-order chi connectivity index (χ0) is 11.9. The lowest BCUT2D eigenvalue weighted by Crippen LogP contribution is -2.06. The molecule has 1 aliphatic rings. The summed E-state index contributed by atoms with van der Waals surface area (Å²) < 4.78 is 2.40. The highest BCUT2D eigenvalue weighted by Crippen LogP contribution is 2.48. The van der Waals surface area contributed by atoms with Gasteiger partial charge in [0.05, 0.1) is 0 Å². The summed E-state index contributed by atoms with van der Waals surface area (Å²) >= 11 is 11.1. The van der Waals surface area contributed by atoms with Crippen molar-refractivity contribution in [1.29, 1.82) is 0 Å². The normalized spacial score (nSPS) is 19.6. The zero-order valence-corrected chi connectivity index (χ0v) is 14.2. The van der Waals surface area contributed by atoms with E-state index in [-0.39, 0.29) is 0 Å². The number of alkyl halides is 1. The van der Waals surface area contributed by atoms with Gasteiger partial charge < -0.3 is 0 Å². The van der Waals surface area contributed by atoms with Crippen LogP contribution >= 0.6 is 47.8 Å². The predicted octanol–water partition coefficient (Wildman–Crippen LogP) is 6.00. The van der Waals surface area contributed by atoms with Gasteiger partial charge in [0.2, 0.25) is 0 Å². The second-order valence-corrected chi connectivity index (χ2v) is 7.42. The molecule has 2 atom stereocenters. The summed E-state index contributed by atoms with van der Waals surface area (Å²) in [7, 11) is 0. The van der Waals surface area contributed by atoms with E-state index in [0.29, 0.717) is 10.7 Å². The van der Waals surface area contributed by atoms with Crippen LogP contribution in [0.1, 0.15) is 35.7 Å². The van der Waals surface area contributed by atoms with Crippen molar-refractivity contribution in [3.05, 3.63) is 32.2 Å². The van der Waals surface area contributed by atoms with E-state index in [1.165, 1.54) is 32.9 Å². The van der Waals surface area contributed by atoms with Gasteiger partial charge in [0.15, 0.2) is 0 Å². The lowest BCUT2D eigenvalue weighted by Gasteiger charge is -2.20. The van der Waals surface area contributed by atoms with Crippen LogP contribution in [0.15, 0.2) is 21.1 Å². The Morgan fingerprint density at radius 3 is 2.38 bits per heavy atom. The van der Waals surface area contributed by atoms with Crippen LogP contribution in [0.5, 0.6) is 0 Å². The van der Waals surface area contributed by atoms with Gasteiger partial charge in [-0.3, -0.25) is 0 Å². The molecule has 3 heteroatoms. The smallest absolute Gasteiger partial charge is 0.0435 e. The second kappa shape index (κ2) is 5.11. The molecule has 0 saturated heterocycles. The average molecular weight is 411 g/mol. The summed E-state index contributed by atoms with van der Waals surface area (Å²) in [5.74, 6) is 1.63. The van der Waals surface area contributed by atoms with Gasteiger partial charge in [0.25, 0.3) is 0 Å². The largest absolute Gasteiger partial charge is 0.0835 e. The molecule has 1 aromatic rings. The van der Waals surface area contributed by atoms with Gasteiger partial charge in [-0.1, -0.05) is 54.7 Å². The fourth-order valence-corrected chi connectivity index (χ4v) is 4.20. The molecule has 1 aliphatic carbocycles. The van der Waals surface area contributed by atoms with Crippen molar-refractivity contribution in [2.24, 2.45) is 11.8 Å². The molecule has 1 fully saturated rings. The lowest BCUT2D eigenvalue weighted by atomic mass is 9.96. The topological polar surface area (TPSA) is 0 Å². The average Bonchev–Trinajstić information content (AvgIpc) is 3.05. The first kappa shape index (κ1) is 13.1. The predicted molar refractivity (Wildman–Crippen MR) is 80.1 cm³/mol. The van der Waals surface area contributed by atoms with Gasteiger partial charge in [0.1, 0.15) is 0 Å². The third-order valence-electron chi connectivity index (χ3n) is 3.40.